The van der Waals surface area contributed by atoms with Crippen molar-refractivity contribution in [2.45, 2.75) is 39.8 Å². The third kappa shape index (κ3) is 3.96. The minimum absolute atomic E-state index is 0.272. The fourth-order valence-corrected chi connectivity index (χ4v) is 2.72. The molecule has 1 unspecified atom stereocenters. The first-order valence-corrected chi connectivity index (χ1v) is 8.50. The van der Waals surface area contributed by atoms with Crippen molar-refractivity contribution in [3.63, 3.8) is 0 Å². The summed E-state index contributed by atoms with van der Waals surface area (Å²) in [5.74, 6) is -1.04. The molecule has 0 bridgehead atoms. The van der Waals surface area contributed by atoms with Crippen LogP contribution in [0.2, 0.25) is 0 Å². The molecule has 0 spiro atoms. The highest BCUT2D eigenvalue weighted by molar-refractivity contribution is 6.03. The number of nitrogens with zero attached hydrogens (tertiary/aromatic N) is 6. The molecule has 2 amide bonds. The van der Waals surface area contributed by atoms with Crippen LogP contribution < -0.4 is 5.32 Å². The number of rotatable bonds is 7. The number of hydrogen-bond acceptors (Lipinski definition) is 6. The van der Waals surface area contributed by atoms with Crippen molar-refractivity contribution in [1.29, 1.82) is 0 Å². The number of anilines is 1. The van der Waals surface area contributed by atoms with Crippen LogP contribution in [0.5, 0.6) is 0 Å². The summed E-state index contributed by atoms with van der Waals surface area (Å²) in [6.45, 7) is 5.73. The average Bonchev–Trinajstić information content (AvgIpc) is 3.18. The van der Waals surface area contributed by atoms with Gasteiger partial charge < -0.3 is 20.3 Å². The van der Waals surface area contributed by atoms with Crippen LogP contribution in [0, 0.1) is 17.0 Å². The minimum Gasteiger partial charge on any atom is -0.358 e. The second-order valence-electron chi connectivity index (χ2n) is 6.18. The third-order valence-corrected chi connectivity index (χ3v) is 4.09. The number of carbonyl (C=O) groups excluding carboxylic acids is 2. The second-order valence-corrected chi connectivity index (χ2v) is 6.18. The van der Waals surface area contributed by atoms with E-state index in [0.29, 0.717) is 24.3 Å². The highest BCUT2D eigenvalue weighted by Gasteiger charge is 2.29. The fourth-order valence-electron chi connectivity index (χ4n) is 2.72. The highest BCUT2D eigenvalue weighted by atomic mass is 16.6. The second kappa shape index (κ2) is 7.98. The van der Waals surface area contributed by atoms with E-state index in [4.69, 9.17) is 0 Å². The lowest BCUT2D eigenvalue weighted by molar-refractivity contribution is -0.389. The minimum atomic E-state index is -0.758. The molecule has 11 heteroatoms. The van der Waals surface area contributed by atoms with Crippen molar-refractivity contribution in [3.05, 3.63) is 33.8 Å². The van der Waals surface area contributed by atoms with E-state index in [9.17, 15) is 19.7 Å². The van der Waals surface area contributed by atoms with E-state index in [1.165, 1.54) is 26.5 Å². The number of aromatic nitrogens is 4. The first-order chi connectivity index (χ1) is 12.7. The molecule has 27 heavy (non-hydrogen) atoms. The Morgan fingerprint density at radius 1 is 1.37 bits per heavy atom. The Morgan fingerprint density at radius 3 is 2.52 bits per heavy atom. The number of hydrogen-bond donors (Lipinski definition) is 1. The lowest BCUT2D eigenvalue weighted by Gasteiger charge is -2.16. The van der Waals surface area contributed by atoms with Gasteiger partial charge in [0.1, 0.15) is 5.69 Å². The molecule has 2 heterocycles. The molecule has 2 rings (SSSR count). The van der Waals surface area contributed by atoms with Crippen molar-refractivity contribution < 1.29 is 14.5 Å². The smallest absolute Gasteiger partial charge is 0.358 e. The summed E-state index contributed by atoms with van der Waals surface area (Å²) < 4.78 is 2.83. The normalized spacial score (nSPS) is 11.9. The predicted molar refractivity (Wildman–Crippen MR) is 97.5 cm³/mol. The lowest BCUT2D eigenvalue weighted by Crippen LogP contribution is -2.30. The first-order valence-electron chi connectivity index (χ1n) is 8.50. The standard InChI is InChI=1S/C16H23N7O4/c1-6-12(22-10(3)8-13(19-22)23(26)27)15(24)18-11-9-17-21(7-2)14(11)16(25)20(4)5/h8-9,12H,6-7H2,1-5H3,(H,18,24). The van der Waals surface area contributed by atoms with Crippen molar-refractivity contribution in [3.8, 4) is 0 Å². The molecule has 0 aliphatic carbocycles. The van der Waals surface area contributed by atoms with Gasteiger partial charge in [-0.2, -0.15) is 9.78 Å². The van der Waals surface area contributed by atoms with Crippen LogP contribution in [0.4, 0.5) is 11.5 Å². The summed E-state index contributed by atoms with van der Waals surface area (Å²) in [7, 11) is 3.23. The van der Waals surface area contributed by atoms with Gasteiger partial charge >= 0.3 is 5.82 Å². The van der Waals surface area contributed by atoms with Crippen LogP contribution in [-0.4, -0.2) is 55.3 Å². The van der Waals surface area contributed by atoms with Crippen LogP contribution in [0.25, 0.3) is 0 Å². The van der Waals surface area contributed by atoms with E-state index in [1.807, 2.05) is 6.92 Å². The third-order valence-electron chi connectivity index (χ3n) is 4.09. The molecule has 146 valence electrons. The molecule has 1 N–H and O–H groups in total. The molecule has 0 radical (unpaired) electrons. The Morgan fingerprint density at radius 2 is 2.04 bits per heavy atom. The van der Waals surface area contributed by atoms with E-state index in [-0.39, 0.29) is 17.4 Å². The Labute approximate surface area is 156 Å². The maximum Gasteiger partial charge on any atom is 0.390 e. The van der Waals surface area contributed by atoms with Crippen molar-refractivity contribution in [2.24, 2.45) is 0 Å². The molecule has 1 atom stereocenters. The van der Waals surface area contributed by atoms with E-state index in [1.54, 1.807) is 27.9 Å². The molecule has 2 aromatic rings. The van der Waals surface area contributed by atoms with Crippen LogP contribution in [0.3, 0.4) is 0 Å². The van der Waals surface area contributed by atoms with E-state index >= 15 is 0 Å². The molecular weight excluding hydrogens is 354 g/mol. The van der Waals surface area contributed by atoms with E-state index in [2.05, 4.69) is 15.5 Å². The zero-order chi connectivity index (χ0) is 20.3. The van der Waals surface area contributed by atoms with Gasteiger partial charge in [0.25, 0.3) is 11.8 Å². The van der Waals surface area contributed by atoms with Crippen LogP contribution in [0.1, 0.15) is 42.5 Å². The molecule has 0 aliphatic heterocycles. The van der Waals surface area contributed by atoms with Gasteiger partial charge in [0, 0.05) is 20.6 Å². The van der Waals surface area contributed by atoms with Gasteiger partial charge in [-0.15, -0.1) is 0 Å². The topological polar surface area (TPSA) is 128 Å². The number of nitrogens with one attached hydrogen (secondary N) is 1. The van der Waals surface area contributed by atoms with Gasteiger partial charge in [0.05, 0.1) is 28.7 Å². The van der Waals surface area contributed by atoms with E-state index in [0.717, 1.165) is 0 Å². The average molecular weight is 377 g/mol. The maximum atomic E-state index is 12.8. The molecule has 2 aromatic heterocycles. The van der Waals surface area contributed by atoms with Gasteiger partial charge in [0.2, 0.25) is 0 Å². The predicted octanol–water partition coefficient (Wildman–Crippen LogP) is 1.61. The fraction of sp³-hybridized carbons (Fsp3) is 0.500. The van der Waals surface area contributed by atoms with E-state index < -0.39 is 16.9 Å². The Kier molecular flexibility index (Phi) is 5.93. The summed E-state index contributed by atoms with van der Waals surface area (Å²) in [6, 6.07) is 0.553. The summed E-state index contributed by atoms with van der Waals surface area (Å²) in [5, 5.41) is 21.7. The number of nitro groups is 1. The largest absolute Gasteiger partial charge is 0.390 e. The molecule has 0 saturated carbocycles. The molecule has 11 nitrogen and oxygen atoms in total. The lowest BCUT2D eigenvalue weighted by atomic mass is 10.2. The summed E-state index contributed by atoms with van der Waals surface area (Å²) >= 11 is 0. The van der Waals surface area contributed by atoms with Gasteiger partial charge in [-0.3, -0.25) is 14.3 Å². The molecule has 0 aliphatic rings. The van der Waals surface area contributed by atoms with Crippen LogP contribution >= 0.6 is 0 Å². The first kappa shape index (κ1) is 20.1. The summed E-state index contributed by atoms with van der Waals surface area (Å²) in [5.41, 5.74) is 1.06. The van der Waals surface area contributed by atoms with Gasteiger partial charge in [0.15, 0.2) is 6.04 Å². The Hall–Kier alpha value is -3.24. The molecular formula is C16H23N7O4. The summed E-state index contributed by atoms with van der Waals surface area (Å²) in [6.07, 6.45) is 1.79. The van der Waals surface area contributed by atoms with Crippen LogP contribution in [-0.2, 0) is 11.3 Å². The van der Waals surface area contributed by atoms with Gasteiger partial charge in [-0.05, 0) is 25.2 Å². The molecule has 0 saturated heterocycles. The highest BCUT2D eigenvalue weighted by Crippen LogP contribution is 2.22. The maximum absolute atomic E-state index is 12.8. The summed E-state index contributed by atoms with van der Waals surface area (Å²) in [4.78, 5) is 37.0. The number of amides is 2. The monoisotopic (exact) mass is 377 g/mol. The van der Waals surface area contributed by atoms with Crippen LogP contribution in [0.15, 0.2) is 12.3 Å². The Balaban J connectivity index is 2.34. The zero-order valence-corrected chi connectivity index (χ0v) is 16.0. The SMILES string of the molecule is CCC(C(=O)Nc1cnn(CC)c1C(=O)N(C)C)n1nc([N+](=O)[O-])cc1C. The van der Waals surface area contributed by atoms with Crippen molar-refractivity contribution >= 4 is 23.3 Å². The quantitative estimate of drug-likeness (QED) is 0.576. The molecule has 0 fully saturated rings. The van der Waals surface area contributed by atoms with Crippen molar-refractivity contribution in [2.75, 3.05) is 19.4 Å². The number of aryl methyl sites for hydroxylation is 2. The van der Waals surface area contributed by atoms with Gasteiger partial charge in [-0.25, -0.2) is 0 Å². The molecule has 0 aromatic carbocycles. The number of carbonyl (C=O) groups is 2. The van der Waals surface area contributed by atoms with Gasteiger partial charge in [-0.1, -0.05) is 6.92 Å². The van der Waals surface area contributed by atoms with Crippen molar-refractivity contribution in [1.82, 2.24) is 24.5 Å². The zero-order valence-electron chi connectivity index (χ0n) is 16.0. The Bertz CT molecular complexity index is 868.